The number of hydrogen-bond acceptors (Lipinski definition) is 6. The molecule has 0 aliphatic rings. The lowest BCUT2D eigenvalue weighted by Gasteiger charge is -2.14. The number of thiazole rings is 1. The normalized spacial score (nSPS) is 10.9. The molecule has 146 valence electrons. The zero-order valence-corrected chi connectivity index (χ0v) is 16.4. The summed E-state index contributed by atoms with van der Waals surface area (Å²) in [5.74, 6) is -1.03. The molecular formula is C21H17N3O4S. The molecule has 0 aliphatic carbocycles. The van der Waals surface area contributed by atoms with Crippen LogP contribution in [0, 0.1) is 6.92 Å². The van der Waals surface area contributed by atoms with Crippen molar-refractivity contribution in [3.63, 3.8) is 0 Å². The molecule has 4 rings (SSSR count). The predicted octanol–water partition coefficient (Wildman–Crippen LogP) is 3.10. The Hall–Kier alpha value is -3.52. The van der Waals surface area contributed by atoms with Crippen LogP contribution in [0.25, 0.3) is 21.8 Å². The van der Waals surface area contributed by atoms with Gasteiger partial charge in [-0.05, 0) is 31.2 Å². The van der Waals surface area contributed by atoms with E-state index >= 15 is 0 Å². The van der Waals surface area contributed by atoms with Gasteiger partial charge in [-0.25, -0.2) is 4.98 Å². The highest BCUT2D eigenvalue weighted by Crippen LogP contribution is 2.19. The number of nitrogens with one attached hydrogen (secondary N) is 1. The molecule has 2 aromatic heterocycles. The maximum atomic E-state index is 12.7. The molecule has 2 aromatic carbocycles. The van der Waals surface area contributed by atoms with Gasteiger partial charge in [-0.1, -0.05) is 24.3 Å². The van der Waals surface area contributed by atoms with Crippen molar-refractivity contribution in [3.05, 3.63) is 69.8 Å². The molecule has 2 heterocycles. The summed E-state index contributed by atoms with van der Waals surface area (Å²) in [5, 5.41) is 5.91. The van der Waals surface area contributed by atoms with Gasteiger partial charge in [0.15, 0.2) is 17.2 Å². The summed E-state index contributed by atoms with van der Waals surface area (Å²) in [6.45, 7) is 1.30. The summed E-state index contributed by atoms with van der Waals surface area (Å²) in [5.41, 5.74) is 1.99. The van der Waals surface area contributed by atoms with Gasteiger partial charge < -0.3 is 9.30 Å². The van der Waals surface area contributed by atoms with Crippen molar-refractivity contribution in [2.75, 3.05) is 11.9 Å². The Kier molecular flexibility index (Phi) is 5.09. The smallest absolute Gasteiger partial charge is 0.326 e. The molecule has 0 bridgehead atoms. The molecule has 0 radical (unpaired) electrons. The van der Waals surface area contributed by atoms with Crippen LogP contribution < -0.4 is 10.7 Å². The first kappa shape index (κ1) is 18.8. The van der Waals surface area contributed by atoms with Crippen LogP contribution in [0.5, 0.6) is 0 Å². The second-order valence-corrected chi connectivity index (χ2v) is 7.31. The molecule has 8 heteroatoms. The third-order valence-corrected chi connectivity index (χ3v) is 5.27. The number of anilines is 1. The van der Waals surface area contributed by atoms with E-state index in [2.05, 4.69) is 10.3 Å². The number of carbonyl (C=O) groups is 2. The number of fused-ring (bicyclic) bond motifs is 2. The number of carbonyl (C=O) groups excluding carboxylic acids is 2. The van der Waals surface area contributed by atoms with Gasteiger partial charge in [0.25, 0.3) is 5.91 Å². The number of para-hydroxylation sites is 2. The topological polar surface area (TPSA) is 90.3 Å². The first-order chi connectivity index (χ1) is 14.0. The highest BCUT2D eigenvalue weighted by atomic mass is 32.1. The summed E-state index contributed by atoms with van der Waals surface area (Å²) >= 11 is 1.30. The first-order valence-electron chi connectivity index (χ1n) is 8.91. The summed E-state index contributed by atoms with van der Waals surface area (Å²) < 4.78 is 6.87. The lowest BCUT2D eigenvalue weighted by Crippen LogP contribution is -2.24. The Balaban J connectivity index is 1.55. The molecule has 0 atom stereocenters. The van der Waals surface area contributed by atoms with Crippen LogP contribution in [0.4, 0.5) is 5.13 Å². The Morgan fingerprint density at radius 2 is 1.69 bits per heavy atom. The lowest BCUT2D eigenvalue weighted by atomic mass is 10.1. The molecule has 0 unspecified atom stereocenters. The van der Waals surface area contributed by atoms with E-state index in [4.69, 9.17) is 4.74 Å². The number of rotatable bonds is 5. The second-order valence-electron chi connectivity index (χ2n) is 6.45. The fraction of sp³-hybridized carbons (Fsp3) is 0.143. The van der Waals surface area contributed by atoms with Crippen molar-refractivity contribution in [1.29, 1.82) is 0 Å². The lowest BCUT2D eigenvalue weighted by molar-refractivity contribution is -0.147. The fourth-order valence-electron chi connectivity index (χ4n) is 3.13. The van der Waals surface area contributed by atoms with Crippen LogP contribution in [-0.4, -0.2) is 28.0 Å². The van der Waals surface area contributed by atoms with Crippen molar-refractivity contribution >= 4 is 50.2 Å². The standard InChI is InChI=1S/C21H17N3O4S/c1-13-12-29-21(22-13)23-18(25)11-28-19(26)10-24-16-8-4-2-6-14(16)20(27)15-7-3-5-9-17(15)24/h2-9,12H,10-11H2,1H3,(H,22,23,25). The minimum atomic E-state index is -0.575. The number of aromatic nitrogens is 2. The molecule has 0 aliphatic heterocycles. The van der Waals surface area contributed by atoms with Crippen LogP contribution in [-0.2, 0) is 20.9 Å². The highest BCUT2D eigenvalue weighted by Gasteiger charge is 2.15. The van der Waals surface area contributed by atoms with E-state index < -0.39 is 18.5 Å². The monoisotopic (exact) mass is 407 g/mol. The van der Waals surface area contributed by atoms with Gasteiger partial charge in [0.1, 0.15) is 6.54 Å². The molecule has 1 N–H and O–H groups in total. The summed E-state index contributed by atoms with van der Waals surface area (Å²) in [4.78, 5) is 41.3. The third kappa shape index (κ3) is 3.88. The van der Waals surface area contributed by atoms with Gasteiger partial charge in [0.2, 0.25) is 0 Å². The number of esters is 1. The van der Waals surface area contributed by atoms with Crippen LogP contribution >= 0.6 is 11.3 Å². The van der Waals surface area contributed by atoms with Crippen molar-refractivity contribution < 1.29 is 14.3 Å². The largest absolute Gasteiger partial charge is 0.454 e. The Bertz CT molecular complexity index is 1230. The van der Waals surface area contributed by atoms with E-state index in [1.54, 1.807) is 41.0 Å². The number of hydrogen-bond donors (Lipinski definition) is 1. The molecule has 0 fully saturated rings. The predicted molar refractivity (Wildman–Crippen MR) is 112 cm³/mol. The number of ether oxygens (including phenoxy) is 1. The van der Waals surface area contributed by atoms with Gasteiger partial charge in [0, 0.05) is 16.2 Å². The Morgan fingerprint density at radius 1 is 1.07 bits per heavy atom. The molecule has 0 spiro atoms. The van der Waals surface area contributed by atoms with Gasteiger partial charge in [-0.3, -0.25) is 19.7 Å². The number of aryl methyl sites for hydroxylation is 1. The van der Waals surface area contributed by atoms with Gasteiger partial charge >= 0.3 is 5.97 Å². The van der Waals surface area contributed by atoms with E-state index in [9.17, 15) is 14.4 Å². The van der Waals surface area contributed by atoms with E-state index in [-0.39, 0.29) is 12.0 Å². The number of pyridine rings is 1. The number of amides is 1. The van der Waals surface area contributed by atoms with Crippen LogP contribution in [0.2, 0.25) is 0 Å². The Morgan fingerprint density at radius 3 is 2.28 bits per heavy atom. The third-order valence-electron chi connectivity index (χ3n) is 4.40. The summed E-state index contributed by atoms with van der Waals surface area (Å²) in [6.07, 6.45) is 0. The maximum Gasteiger partial charge on any atom is 0.326 e. The molecule has 29 heavy (non-hydrogen) atoms. The zero-order chi connectivity index (χ0) is 20.4. The summed E-state index contributed by atoms with van der Waals surface area (Å²) in [6, 6.07) is 14.2. The van der Waals surface area contributed by atoms with Crippen LogP contribution in [0.1, 0.15) is 5.69 Å². The van der Waals surface area contributed by atoms with Crippen molar-refractivity contribution in [3.8, 4) is 0 Å². The van der Waals surface area contributed by atoms with Crippen molar-refractivity contribution in [2.45, 2.75) is 13.5 Å². The quantitative estimate of drug-likeness (QED) is 0.406. The molecule has 7 nitrogen and oxygen atoms in total. The number of benzene rings is 2. The van der Waals surface area contributed by atoms with Gasteiger partial charge in [0.05, 0.1) is 16.7 Å². The molecule has 4 aromatic rings. The Labute approximate surface area is 169 Å². The fourth-order valence-corrected chi connectivity index (χ4v) is 3.84. The van der Waals surface area contributed by atoms with E-state index in [1.165, 1.54) is 11.3 Å². The van der Waals surface area contributed by atoms with Crippen LogP contribution in [0.15, 0.2) is 58.7 Å². The highest BCUT2D eigenvalue weighted by molar-refractivity contribution is 7.13. The average molecular weight is 407 g/mol. The van der Waals surface area contributed by atoms with Gasteiger partial charge in [-0.2, -0.15) is 0 Å². The SMILES string of the molecule is Cc1csc(NC(=O)COC(=O)Cn2c3ccccc3c(=O)c3ccccc32)n1. The minimum Gasteiger partial charge on any atom is -0.454 e. The number of nitrogens with zero attached hydrogens (tertiary/aromatic N) is 2. The van der Waals surface area contributed by atoms with Crippen molar-refractivity contribution in [1.82, 2.24) is 9.55 Å². The average Bonchev–Trinajstić information content (AvgIpc) is 3.14. The zero-order valence-electron chi connectivity index (χ0n) is 15.5. The maximum absolute atomic E-state index is 12.7. The van der Waals surface area contributed by atoms with E-state index in [0.717, 1.165) is 5.69 Å². The molecule has 1 amide bonds. The molecular weight excluding hydrogens is 390 g/mol. The minimum absolute atomic E-state index is 0.0843. The van der Waals surface area contributed by atoms with Gasteiger partial charge in [-0.15, -0.1) is 11.3 Å². The van der Waals surface area contributed by atoms with E-state index in [0.29, 0.717) is 26.9 Å². The van der Waals surface area contributed by atoms with Crippen LogP contribution in [0.3, 0.4) is 0 Å². The molecule has 0 saturated heterocycles. The molecule has 0 saturated carbocycles. The first-order valence-corrected chi connectivity index (χ1v) is 9.79. The van der Waals surface area contributed by atoms with E-state index in [1.807, 2.05) is 24.4 Å². The van der Waals surface area contributed by atoms with Crippen molar-refractivity contribution in [2.24, 2.45) is 0 Å². The second kappa shape index (κ2) is 7.84. The summed E-state index contributed by atoms with van der Waals surface area (Å²) in [7, 11) is 0.